The van der Waals surface area contributed by atoms with E-state index in [1.54, 1.807) is 18.4 Å². The summed E-state index contributed by atoms with van der Waals surface area (Å²) < 4.78 is 4.79. The van der Waals surface area contributed by atoms with Crippen LogP contribution in [0.15, 0.2) is 97.1 Å². The minimum absolute atomic E-state index is 0.314. The van der Waals surface area contributed by atoms with Gasteiger partial charge < -0.3 is 15.4 Å². The summed E-state index contributed by atoms with van der Waals surface area (Å²) in [7, 11) is 0. The van der Waals surface area contributed by atoms with Crippen LogP contribution in [0.25, 0.3) is 0 Å². The fourth-order valence-electron chi connectivity index (χ4n) is 3.60. The van der Waals surface area contributed by atoms with E-state index in [2.05, 4.69) is 16.7 Å². The number of ether oxygens (including phenoxy) is 1. The maximum Gasteiger partial charge on any atom is 0.323 e. The quantitative estimate of drug-likeness (QED) is 0.320. The molecular formula is C29H22N4O2. The molecule has 0 aliphatic heterocycles. The maximum absolute atomic E-state index is 12.4. The van der Waals surface area contributed by atoms with Crippen molar-refractivity contribution >= 4 is 17.4 Å². The molecule has 6 heteroatoms. The third kappa shape index (κ3) is 6.71. The molecule has 0 fully saturated rings. The number of rotatable bonds is 7. The molecule has 0 spiro atoms. The summed E-state index contributed by atoms with van der Waals surface area (Å²) >= 11 is 0. The first-order chi connectivity index (χ1) is 17.1. The molecule has 4 rings (SSSR count). The van der Waals surface area contributed by atoms with Gasteiger partial charge in [0.2, 0.25) is 0 Å². The molecule has 0 aliphatic rings. The lowest BCUT2D eigenvalue weighted by atomic mass is 10.0. The highest BCUT2D eigenvalue weighted by Gasteiger charge is 2.05. The number of urea groups is 1. The van der Waals surface area contributed by atoms with Gasteiger partial charge >= 0.3 is 6.03 Å². The van der Waals surface area contributed by atoms with Gasteiger partial charge in [0.05, 0.1) is 11.6 Å². The Morgan fingerprint density at radius 2 is 1.03 bits per heavy atom. The van der Waals surface area contributed by atoms with Gasteiger partial charge in [-0.05, 0) is 83.6 Å². The molecule has 35 heavy (non-hydrogen) atoms. The van der Waals surface area contributed by atoms with Crippen LogP contribution in [0, 0.1) is 22.8 Å². The predicted molar refractivity (Wildman–Crippen MR) is 135 cm³/mol. The minimum atomic E-state index is -0.314. The van der Waals surface area contributed by atoms with Crippen molar-refractivity contribution in [2.24, 2.45) is 0 Å². The average Bonchev–Trinajstić information content (AvgIpc) is 2.88. The Balaban J connectivity index is 1.27. The topological polar surface area (TPSA) is 97.9 Å². The molecule has 4 aromatic rings. The highest BCUT2D eigenvalue weighted by atomic mass is 16.5. The lowest BCUT2D eigenvalue weighted by molar-refractivity contribution is 0.262. The standard InChI is InChI=1S/C29H22N4O2/c30-19-25-3-1-21(2-4-25)17-22-5-11-26(12-6-22)32-29(34)33-27-13-7-23(8-14-27)18-24-9-15-28(16-10-24)35-20-31/h1-16H,17-18H2,(H2,32,33,34). The maximum atomic E-state index is 12.4. The second-order valence-corrected chi connectivity index (χ2v) is 7.97. The molecule has 0 saturated heterocycles. The summed E-state index contributed by atoms with van der Waals surface area (Å²) in [6.45, 7) is 0. The van der Waals surface area contributed by atoms with E-state index in [0.29, 0.717) is 22.7 Å². The number of amides is 2. The van der Waals surface area contributed by atoms with Gasteiger partial charge in [-0.2, -0.15) is 5.26 Å². The zero-order chi connectivity index (χ0) is 24.5. The summed E-state index contributed by atoms with van der Waals surface area (Å²) in [5, 5.41) is 23.1. The Morgan fingerprint density at radius 3 is 1.43 bits per heavy atom. The van der Waals surface area contributed by atoms with Crippen LogP contribution in [0.1, 0.15) is 27.8 Å². The third-order valence-corrected chi connectivity index (χ3v) is 5.41. The van der Waals surface area contributed by atoms with Gasteiger partial charge in [0.25, 0.3) is 6.26 Å². The molecule has 2 amide bonds. The van der Waals surface area contributed by atoms with Crippen LogP contribution >= 0.6 is 0 Å². The summed E-state index contributed by atoms with van der Waals surface area (Å²) in [6, 6.07) is 32.0. The number of carbonyl (C=O) groups excluding carboxylic acids is 1. The third-order valence-electron chi connectivity index (χ3n) is 5.41. The number of nitrogens with zero attached hydrogens (tertiary/aromatic N) is 2. The van der Waals surface area contributed by atoms with E-state index in [-0.39, 0.29) is 6.03 Å². The Bertz CT molecular complexity index is 1360. The van der Waals surface area contributed by atoms with Gasteiger partial charge in [-0.15, -0.1) is 5.26 Å². The van der Waals surface area contributed by atoms with Crippen LogP contribution in [-0.2, 0) is 12.8 Å². The van der Waals surface area contributed by atoms with Crippen molar-refractivity contribution in [3.8, 4) is 18.1 Å². The second-order valence-electron chi connectivity index (χ2n) is 7.97. The minimum Gasteiger partial charge on any atom is -0.388 e. The number of anilines is 2. The van der Waals surface area contributed by atoms with Crippen molar-refractivity contribution in [2.45, 2.75) is 12.8 Å². The van der Waals surface area contributed by atoms with Crippen molar-refractivity contribution in [3.63, 3.8) is 0 Å². The zero-order valence-corrected chi connectivity index (χ0v) is 18.9. The van der Waals surface area contributed by atoms with E-state index in [4.69, 9.17) is 15.3 Å². The Morgan fingerprint density at radius 1 is 0.629 bits per heavy atom. The van der Waals surface area contributed by atoms with Crippen LogP contribution in [0.5, 0.6) is 5.75 Å². The monoisotopic (exact) mass is 458 g/mol. The van der Waals surface area contributed by atoms with Crippen LogP contribution in [0.3, 0.4) is 0 Å². The Hall–Kier alpha value is -5.07. The van der Waals surface area contributed by atoms with E-state index in [0.717, 1.165) is 35.1 Å². The molecule has 4 aromatic carbocycles. The number of hydrogen-bond donors (Lipinski definition) is 2. The average molecular weight is 459 g/mol. The molecule has 0 aromatic heterocycles. The Kier molecular flexibility index (Phi) is 7.38. The molecule has 0 saturated carbocycles. The number of carbonyl (C=O) groups is 1. The highest BCUT2D eigenvalue weighted by molar-refractivity contribution is 5.99. The van der Waals surface area contributed by atoms with Crippen LogP contribution < -0.4 is 15.4 Å². The summed E-state index contributed by atoms with van der Waals surface area (Å²) in [6.07, 6.45) is 3.14. The molecular weight excluding hydrogens is 436 g/mol. The van der Waals surface area contributed by atoms with E-state index in [1.807, 2.05) is 84.9 Å². The first-order valence-electron chi connectivity index (χ1n) is 11.0. The van der Waals surface area contributed by atoms with E-state index in [1.165, 1.54) is 0 Å². The van der Waals surface area contributed by atoms with Gasteiger partial charge in [0.15, 0.2) is 0 Å². The number of hydrogen-bond acceptors (Lipinski definition) is 4. The molecule has 0 aliphatic carbocycles. The zero-order valence-electron chi connectivity index (χ0n) is 18.9. The van der Waals surface area contributed by atoms with Gasteiger partial charge in [-0.3, -0.25) is 0 Å². The molecule has 170 valence electrons. The Labute approximate surface area is 204 Å². The van der Waals surface area contributed by atoms with Gasteiger partial charge in [0.1, 0.15) is 5.75 Å². The predicted octanol–water partition coefficient (Wildman–Crippen LogP) is 6.24. The molecule has 0 radical (unpaired) electrons. The lowest BCUT2D eigenvalue weighted by Gasteiger charge is -2.10. The number of benzene rings is 4. The van der Waals surface area contributed by atoms with Gasteiger partial charge in [-0.1, -0.05) is 48.5 Å². The molecule has 0 unspecified atom stereocenters. The summed E-state index contributed by atoms with van der Waals surface area (Å²) in [5.41, 5.74) is 6.47. The second kappa shape index (κ2) is 11.2. The van der Waals surface area contributed by atoms with E-state index < -0.39 is 0 Å². The summed E-state index contributed by atoms with van der Waals surface area (Å²) in [4.78, 5) is 12.4. The van der Waals surface area contributed by atoms with Crippen molar-refractivity contribution < 1.29 is 9.53 Å². The molecule has 6 nitrogen and oxygen atoms in total. The van der Waals surface area contributed by atoms with Crippen LogP contribution in [0.2, 0.25) is 0 Å². The van der Waals surface area contributed by atoms with Crippen molar-refractivity contribution in [1.29, 1.82) is 10.5 Å². The van der Waals surface area contributed by atoms with Crippen LogP contribution in [-0.4, -0.2) is 6.03 Å². The first-order valence-corrected chi connectivity index (χ1v) is 11.0. The largest absolute Gasteiger partial charge is 0.388 e. The van der Waals surface area contributed by atoms with E-state index >= 15 is 0 Å². The van der Waals surface area contributed by atoms with Crippen molar-refractivity contribution in [2.75, 3.05) is 10.6 Å². The summed E-state index contributed by atoms with van der Waals surface area (Å²) in [5.74, 6) is 0.516. The van der Waals surface area contributed by atoms with Gasteiger partial charge in [-0.25, -0.2) is 4.79 Å². The lowest BCUT2D eigenvalue weighted by Crippen LogP contribution is -2.19. The van der Waals surface area contributed by atoms with E-state index in [9.17, 15) is 4.79 Å². The molecule has 0 bridgehead atoms. The SMILES string of the molecule is N#COc1ccc(Cc2ccc(NC(=O)Nc3ccc(Cc4ccc(C#N)cc4)cc3)cc2)cc1. The smallest absolute Gasteiger partial charge is 0.323 e. The molecule has 2 N–H and O–H groups in total. The number of nitrogens with one attached hydrogen (secondary N) is 2. The van der Waals surface area contributed by atoms with Gasteiger partial charge in [0, 0.05) is 11.4 Å². The number of nitriles is 2. The normalized spacial score (nSPS) is 10.0. The highest BCUT2D eigenvalue weighted by Crippen LogP contribution is 2.18. The molecule has 0 atom stereocenters. The van der Waals surface area contributed by atoms with Crippen molar-refractivity contribution in [3.05, 3.63) is 125 Å². The fraction of sp³-hybridized carbons (Fsp3) is 0.0690. The van der Waals surface area contributed by atoms with Crippen molar-refractivity contribution in [1.82, 2.24) is 0 Å². The fourth-order valence-corrected chi connectivity index (χ4v) is 3.60. The molecule has 0 heterocycles. The van der Waals surface area contributed by atoms with Crippen LogP contribution in [0.4, 0.5) is 16.2 Å². The first kappa shape index (κ1) is 23.1.